The molecule has 0 aliphatic carbocycles. The van der Waals surface area contributed by atoms with Gasteiger partial charge in [0, 0.05) is 6.42 Å². The zero-order chi connectivity index (χ0) is 24.3. The molecule has 174 valence electrons. The number of carbonyl (C=O) groups is 7. The lowest BCUT2D eigenvalue weighted by atomic mass is 10.1. The highest BCUT2D eigenvalue weighted by molar-refractivity contribution is 5.96. The molecule has 4 atom stereocenters. The van der Waals surface area contributed by atoms with Crippen molar-refractivity contribution in [3.05, 3.63) is 0 Å². The number of carboxylic acids is 3. The SMILES string of the molecule is CC(N)C(=O)NC(CC(=O)O)C(=O)NC(CCC(N)=O)C(=O)NC(CC(=O)O)C(=O)O. The van der Waals surface area contributed by atoms with E-state index in [-0.39, 0.29) is 0 Å². The summed E-state index contributed by atoms with van der Waals surface area (Å²) in [6.07, 6.45) is -2.67. The van der Waals surface area contributed by atoms with Gasteiger partial charge in [-0.15, -0.1) is 0 Å². The van der Waals surface area contributed by atoms with Crippen molar-refractivity contribution in [2.45, 2.75) is 56.8 Å². The van der Waals surface area contributed by atoms with Crippen molar-refractivity contribution in [3.8, 4) is 0 Å². The van der Waals surface area contributed by atoms with Crippen molar-refractivity contribution in [1.82, 2.24) is 16.0 Å². The number of nitrogens with two attached hydrogens (primary N) is 2. The van der Waals surface area contributed by atoms with E-state index in [1.54, 1.807) is 0 Å². The highest BCUT2D eigenvalue weighted by Gasteiger charge is 2.31. The van der Waals surface area contributed by atoms with Crippen molar-refractivity contribution >= 4 is 41.5 Å². The summed E-state index contributed by atoms with van der Waals surface area (Å²) < 4.78 is 0. The molecule has 15 nitrogen and oxygen atoms in total. The van der Waals surface area contributed by atoms with Crippen LogP contribution in [-0.2, 0) is 33.6 Å². The van der Waals surface area contributed by atoms with E-state index in [0.717, 1.165) is 0 Å². The Bertz CT molecular complexity index is 738. The average molecular weight is 447 g/mol. The molecule has 0 spiro atoms. The van der Waals surface area contributed by atoms with Gasteiger partial charge in [-0.1, -0.05) is 0 Å². The summed E-state index contributed by atoms with van der Waals surface area (Å²) in [6, 6.07) is -6.15. The van der Waals surface area contributed by atoms with Crippen LogP contribution in [0.4, 0.5) is 0 Å². The molecule has 0 saturated carbocycles. The summed E-state index contributed by atoms with van der Waals surface area (Å²) in [4.78, 5) is 80.5. The topological polar surface area (TPSA) is 268 Å². The highest BCUT2D eigenvalue weighted by Crippen LogP contribution is 2.03. The number of carbonyl (C=O) groups excluding carboxylic acids is 4. The molecule has 0 saturated heterocycles. The first-order valence-electron chi connectivity index (χ1n) is 8.86. The van der Waals surface area contributed by atoms with Crippen LogP contribution in [0.3, 0.4) is 0 Å². The quantitative estimate of drug-likeness (QED) is 0.127. The smallest absolute Gasteiger partial charge is 0.326 e. The summed E-state index contributed by atoms with van der Waals surface area (Å²) in [5.41, 5.74) is 10.4. The zero-order valence-electron chi connectivity index (χ0n) is 16.5. The van der Waals surface area contributed by atoms with Gasteiger partial charge in [-0.05, 0) is 13.3 Å². The summed E-state index contributed by atoms with van der Waals surface area (Å²) in [5.74, 6) is -8.65. The third-order valence-electron chi connectivity index (χ3n) is 3.73. The Morgan fingerprint density at radius 1 is 0.742 bits per heavy atom. The van der Waals surface area contributed by atoms with Gasteiger partial charge in [-0.2, -0.15) is 0 Å². The number of hydrogen-bond donors (Lipinski definition) is 8. The molecule has 0 aromatic heterocycles. The molecule has 0 aromatic rings. The number of aliphatic carboxylic acids is 3. The molecule has 0 aromatic carbocycles. The normalized spacial score (nSPS) is 14.3. The molecule has 0 radical (unpaired) electrons. The lowest BCUT2D eigenvalue weighted by Gasteiger charge is -2.24. The van der Waals surface area contributed by atoms with Crippen molar-refractivity contribution in [3.63, 3.8) is 0 Å². The van der Waals surface area contributed by atoms with Crippen LogP contribution in [0.15, 0.2) is 0 Å². The van der Waals surface area contributed by atoms with Crippen LogP contribution in [0, 0.1) is 0 Å². The Kier molecular flexibility index (Phi) is 11.2. The Morgan fingerprint density at radius 3 is 1.58 bits per heavy atom. The monoisotopic (exact) mass is 447 g/mol. The standard InChI is InChI=1S/C16H25N5O10/c1-6(17)13(27)20-8(4-11(23)24)15(29)19-7(2-3-10(18)22)14(28)21-9(16(30)31)5-12(25)26/h6-9H,2-5,17H2,1H3,(H2,18,22)(H,19,29)(H,20,27)(H,21,28)(H,23,24)(H,25,26)(H,30,31). The molecule has 15 heteroatoms. The van der Waals surface area contributed by atoms with E-state index in [1.807, 2.05) is 5.32 Å². The van der Waals surface area contributed by atoms with E-state index in [1.165, 1.54) is 6.92 Å². The Labute approximate surface area is 175 Å². The molecule has 31 heavy (non-hydrogen) atoms. The second-order valence-corrected chi connectivity index (χ2v) is 6.51. The van der Waals surface area contributed by atoms with Gasteiger partial charge in [0.25, 0.3) is 0 Å². The number of nitrogens with one attached hydrogen (secondary N) is 3. The first-order valence-corrected chi connectivity index (χ1v) is 8.86. The van der Waals surface area contributed by atoms with Crippen LogP contribution in [0.25, 0.3) is 0 Å². The molecular weight excluding hydrogens is 422 g/mol. The van der Waals surface area contributed by atoms with Crippen LogP contribution < -0.4 is 27.4 Å². The van der Waals surface area contributed by atoms with E-state index in [0.29, 0.717) is 0 Å². The van der Waals surface area contributed by atoms with Crippen LogP contribution >= 0.6 is 0 Å². The number of primary amides is 1. The maximum atomic E-state index is 12.5. The maximum absolute atomic E-state index is 12.5. The second-order valence-electron chi connectivity index (χ2n) is 6.51. The van der Waals surface area contributed by atoms with Gasteiger partial charge in [0.15, 0.2) is 0 Å². The van der Waals surface area contributed by atoms with Crippen LogP contribution in [0.5, 0.6) is 0 Å². The van der Waals surface area contributed by atoms with Crippen molar-refractivity contribution in [2.24, 2.45) is 11.5 Å². The fraction of sp³-hybridized carbons (Fsp3) is 0.562. The van der Waals surface area contributed by atoms with Crippen molar-refractivity contribution in [1.29, 1.82) is 0 Å². The van der Waals surface area contributed by atoms with Crippen molar-refractivity contribution in [2.75, 3.05) is 0 Å². The lowest BCUT2D eigenvalue weighted by molar-refractivity contribution is -0.147. The van der Waals surface area contributed by atoms with Gasteiger partial charge in [0.1, 0.15) is 18.1 Å². The fourth-order valence-corrected chi connectivity index (χ4v) is 2.16. The van der Waals surface area contributed by atoms with E-state index >= 15 is 0 Å². The number of amides is 4. The molecular formula is C16H25N5O10. The first-order chi connectivity index (χ1) is 14.2. The molecule has 0 heterocycles. The van der Waals surface area contributed by atoms with E-state index in [2.05, 4.69) is 10.6 Å². The van der Waals surface area contributed by atoms with Gasteiger partial charge in [0.2, 0.25) is 23.6 Å². The third-order valence-corrected chi connectivity index (χ3v) is 3.73. The minimum Gasteiger partial charge on any atom is -0.481 e. The van der Waals surface area contributed by atoms with E-state index < -0.39 is 91.4 Å². The van der Waals surface area contributed by atoms with Gasteiger partial charge < -0.3 is 42.7 Å². The molecule has 0 bridgehead atoms. The van der Waals surface area contributed by atoms with Gasteiger partial charge in [-0.3, -0.25) is 28.8 Å². The number of rotatable bonds is 14. The fourth-order valence-electron chi connectivity index (χ4n) is 2.16. The van der Waals surface area contributed by atoms with Crippen LogP contribution in [0.1, 0.15) is 32.6 Å². The third kappa shape index (κ3) is 11.1. The first kappa shape index (κ1) is 27.2. The van der Waals surface area contributed by atoms with Gasteiger partial charge in [-0.25, -0.2) is 4.79 Å². The Hall–Kier alpha value is -3.75. The molecule has 0 aliphatic rings. The van der Waals surface area contributed by atoms with E-state index in [9.17, 15) is 33.6 Å². The second kappa shape index (κ2) is 12.7. The Morgan fingerprint density at radius 2 is 1.16 bits per heavy atom. The van der Waals surface area contributed by atoms with Crippen molar-refractivity contribution < 1.29 is 48.9 Å². The molecule has 10 N–H and O–H groups in total. The molecule has 4 amide bonds. The number of hydrogen-bond acceptors (Lipinski definition) is 8. The van der Waals surface area contributed by atoms with Gasteiger partial charge in [0.05, 0.1) is 18.9 Å². The van der Waals surface area contributed by atoms with E-state index in [4.69, 9.17) is 26.8 Å². The summed E-state index contributed by atoms with van der Waals surface area (Å²) in [6.45, 7) is 1.28. The molecule has 0 aliphatic heterocycles. The maximum Gasteiger partial charge on any atom is 0.326 e. The minimum atomic E-state index is -1.84. The molecule has 0 fully saturated rings. The Balaban J connectivity index is 5.54. The van der Waals surface area contributed by atoms with Crippen LogP contribution in [0.2, 0.25) is 0 Å². The molecule has 0 rings (SSSR count). The predicted molar refractivity (Wildman–Crippen MR) is 100 cm³/mol. The summed E-state index contributed by atoms with van der Waals surface area (Å²) in [7, 11) is 0. The average Bonchev–Trinajstić information content (AvgIpc) is 2.62. The minimum absolute atomic E-state index is 0.409. The summed E-state index contributed by atoms with van der Waals surface area (Å²) >= 11 is 0. The van der Waals surface area contributed by atoms with Crippen LogP contribution in [-0.4, -0.2) is 81.0 Å². The lowest BCUT2D eigenvalue weighted by Crippen LogP contribution is -2.57. The largest absolute Gasteiger partial charge is 0.481 e. The highest BCUT2D eigenvalue weighted by atomic mass is 16.4. The molecule has 4 unspecified atom stereocenters. The predicted octanol–water partition coefficient (Wildman–Crippen LogP) is -3.91. The summed E-state index contributed by atoms with van der Waals surface area (Å²) in [5, 5.41) is 32.8. The number of carboxylic acid groups (broad SMARTS) is 3. The zero-order valence-corrected chi connectivity index (χ0v) is 16.5. The van der Waals surface area contributed by atoms with Gasteiger partial charge >= 0.3 is 17.9 Å².